The predicted octanol–water partition coefficient (Wildman–Crippen LogP) is 3.40. The van der Waals surface area contributed by atoms with E-state index in [1.54, 1.807) is 5.06 Å². The quantitative estimate of drug-likeness (QED) is 0.521. The Hall–Kier alpha value is -0.930. The fourth-order valence-electron chi connectivity index (χ4n) is 5.46. The number of carbonyl (C=O) groups excluding carboxylic acids is 2. The zero-order valence-electron chi connectivity index (χ0n) is 20.6. The Morgan fingerprint density at radius 1 is 0.886 bits per heavy atom. The number of hydroxylamine groups is 2. The van der Waals surface area contributed by atoms with Crippen LogP contribution in [0.1, 0.15) is 38.2 Å². The highest BCUT2D eigenvalue weighted by atomic mass is 35.5. The smallest absolute Gasteiger partial charge is 0.335 e. The molecule has 200 valence electrons. The molecule has 3 aliphatic rings. The van der Waals surface area contributed by atoms with Crippen LogP contribution in [0.4, 0.5) is 0 Å². The third kappa shape index (κ3) is 9.15. The topological polar surface area (TPSA) is 65.1 Å². The standard InChI is InChI=1S/C25H38N4O3.3ClH/c1-20(30)24(23-7-11-26-12-8-23)25(31)32-29-17-15-28(16-18-29)27-13-9-22(10-14-27)19-21-5-3-2-4-6-21;;;/h2-6,22-24,26H,7-19H2,1H3;3*1H. The number of halogens is 3. The Morgan fingerprint density at radius 3 is 2.03 bits per heavy atom. The minimum atomic E-state index is -0.626. The molecule has 1 atom stereocenters. The summed E-state index contributed by atoms with van der Waals surface area (Å²) >= 11 is 0. The molecule has 3 fully saturated rings. The monoisotopic (exact) mass is 550 g/mol. The van der Waals surface area contributed by atoms with Crippen molar-refractivity contribution in [2.24, 2.45) is 17.8 Å². The summed E-state index contributed by atoms with van der Waals surface area (Å²) in [4.78, 5) is 30.7. The van der Waals surface area contributed by atoms with Crippen LogP contribution in [0, 0.1) is 17.8 Å². The van der Waals surface area contributed by atoms with Gasteiger partial charge in [-0.3, -0.25) is 4.79 Å². The summed E-state index contributed by atoms with van der Waals surface area (Å²) < 4.78 is 0. The molecular weight excluding hydrogens is 511 g/mol. The van der Waals surface area contributed by atoms with Gasteiger partial charge in [0.05, 0.1) is 0 Å². The lowest BCUT2D eigenvalue weighted by molar-refractivity contribution is -0.213. The van der Waals surface area contributed by atoms with Gasteiger partial charge in [0.25, 0.3) is 0 Å². The van der Waals surface area contributed by atoms with Gasteiger partial charge in [-0.05, 0) is 69.5 Å². The van der Waals surface area contributed by atoms with Crippen LogP contribution in [-0.4, -0.2) is 79.2 Å². The van der Waals surface area contributed by atoms with Crippen molar-refractivity contribution in [3.8, 4) is 0 Å². The summed E-state index contributed by atoms with van der Waals surface area (Å²) in [5.74, 6) is -0.202. The number of piperazine rings is 1. The Balaban J connectivity index is 0.00000204. The van der Waals surface area contributed by atoms with Crippen molar-refractivity contribution in [2.45, 2.75) is 39.0 Å². The number of piperidine rings is 2. The van der Waals surface area contributed by atoms with Gasteiger partial charge < -0.3 is 10.2 Å². The van der Waals surface area contributed by atoms with Gasteiger partial charge in [0.1, 0.15) is 11.7 Å². The van der Waals surface area contributed by atoms with Gasteiger partial charge in [-0.15, -0.1) is 42.3 Å². The fourth-order valence-corrected chi connectivity index (χ4v) is 5.46. The van der Waals surface area contributed by atoms with Gasteiger partial charge in [-0.2, -0.15) is 0 Å². The van der Waals surface area contributed by atoms with Gasteiger partial charge in [-0.1, -0.05) is 30.3 Å². The van der Waals surface area contributed by atoms with E-state index in [4.69, 9.17) is 4.84 Å². The predicted molar refractivity (Wildman–Crippen MR) is 145 cm³/mol. The van der Waals surface area contributed by atoms with E-state index in [0.717, 1.165) is 58.0 Å². The molecule has 3 heterocycles. The van der Waals surface area contributed by atoms with Crippen molar-refractivity contribution < 1.29 is 14.4 Å². The maximum atomic E-state index is 12.8. The zero-order valence-corrected chi connectivity index (χ0v) is 23.1. The average molecular weight is 552 g/mol. The molecule has 7 nitrogen and oxygen atoms in total. The number of nitrogens with one attached hydrogen (secondary N) is 1. The maximum absolute atomic E-state index is 12.8. The first-order chi connectivity index (χ1) is 15.6. The summed E-state index contributed by atoms with van der Waals surface area (Å²) in [7, 11) is 0. The summed E-state index contributed by atoms with van der Waals surface area (Å²) in [6.45, 7) is 8.53. The SMILES string of the molecule is CC(=O)C(C(=O)ON1CCN(N2CCC(Cc3ccccc3)CC2)CC1)C1CCNCC1.Cl.Cl.Cl. The normalized spacial score (nSPS) is 21.6. The molecule has 10 heteroatoms. The molecule has 4 rings (SSSR count). The lowest BCUT2D eigenvalue weighted by Crippen LogP contribution is -2.56. The average Bonchev–Trinajstić information content (AvgIpc) is 2.81. The molecule has 1 N–H and O–H groups in total. The van der Waals surface area contributed by atoms with Crippen LogP contribution in [0.25, 0.3) is 0 Å². The van der Waals surface area contributed by atoms with E-state index in [1.807, 2.05) is 0 Å². The molecule has 0 bridgehead atoms. The molecule has 0 spiro atoms. The van der Waals surface area contributed by atoms with E-state index in [9.17, 15) is 9.59 Å². The van der Waals surface area contributed by atoms with Crippen molar-refractivity contribution in [3.05, 3.63) is 35.9 Å². The Morgan fingerprint density at radius 2 is 1.46 bits per heavy atom. The van der Waals surface area contributed by atoms with Crippen molar-refractivity contribution in [3.63, 3.8) is 0 Å². The highest BCUT2D eigenvalue weighted by Crippen LogP contribution is 2.26. The largest absolute Gasteiger partial charge is 0.367 e. The molecule has 0 aromatic heterocycles. The molecule has 35 heavy (non-hydrogen) atoms. The minimum Gasteiger partial charge on any atom is -0.367 e. The third-order valence-electron chi connectivity index (χ3n) is 7.34. The number of benzene rings is 1. The Bertz CT molecular complexity index is 752. The van der Waals surface area contributed by atoms with E-state index >= 15 is 0 Å². The molecule has 0 saturated carbocycles. The van der Waals surface area contributed by atoms with Crippen LogP contribution in [0.15, 0.2) is 30.3 Å². The van der Waals surface area contributed by atoms with Gasteiger partial charge in [-0.25, -0.2) is 14.8 Å². The van der Waals surface area contributed by atoms with Crippen molar-refractivity contribution in [1.29, 1.82) is 0 Å². The van der Waals surface area contributed by atoms with Crippen LogP contribution < -0.4 is 5.32 Å². The zero-order chi connectivity index (χ0) is 22.3. The van der Waals surface area contributed by atoms with E-state index in [1.165, 1.54) is 31.7 Å². The molecule has 1 aromatic rings. The number of ketones is 1. The maximum Gasteiger partial charge on any atom is 0.335 e. The van der Waals surface area contributed by atoms with Crippen molar-refractivity contribution in [1.82, 2.24) is 20.4 Å². The second kappa shape index (κ2) is 16.0. The second-order valence-corrected chi connectivity index (χ2v) is 9.56. The number of hydrazine groups is 1. The number of carbonyl (C=O) groups is 2. The van der Waals surface area contributed by atoms with Gasteiger partial charge in [0.15, 0.2) is 0 Å². The molecule has 1 unspecified atom stereocenters. The summed E-state index contributed by atoms with van der Waals surface area (Å²) in [6.07, 6.45) is 5.33. The van der Waals surface area contributed by atoms with Gasteiger partial charge in [0, 0.05) is 39.3 Å². The minimum absolute atomic E-state index is 0. The van der Waals surface area contributed by atoms with E-state index < -0.39 is 5.92 Å². The number of hydrogen-bond acceptors (Lipinski definition) is 7. The number of Topliss-reactive ketones (excluding diaryl/α,β-unsaturated/α-hetero) is 1. The first-order valence-electron chi connectivity index (χ1n) is 12.3. The first kappa shape index (κ1) is 32.1. The van der Waals surface area contributed by atoms with Crippen LogP contribution in [0.2, 0.25) is 0 Å². The van der Waals surface area contributed by atoms with Crippen LogP contribution in [0.5, 0.6) is 0 Å². The van der Waals surface area contributed by atoms with Gasteiger partial charge in [0.2, 0.25) is 0 Å². The summed E-state index contributed by atoms with van der Waals surface area (Å²) in [5, 5.41) is 9.95. The lowest BCUT2D eigenvalue weighted by Gasteiger charge is -2.43. The van der Waals surface area contributed by atoms with Gasteiger partial charge >= 0.3 is 5.97 Å². The van der Waals surface area contributed by atoms with Crippen LogP contribution in [-0.2, 0) is 20.8 Å². The first-order valence-corrected chi connectivity index (χ1v) is 12.3. The van der Waals surface area contributed by atoms with E-state index in [2.05, 4.69) is 45.7 Å². The molecule has 3 aliphatic heterocycles. The molecular formula is C25H41Cl3N4O3. The van der Waals surface area contributed by atoms with Crippen molar-refractivity contribution >= 4 is 49.0 Å². The molecule has 1 aromatic carbocycles. The third-order valence-corrected chi connectivity index (χ3v) is 7.34. The fraction of sp³-hybridized carbons (Fsp3) is 0.680. The number of nitrogens with zero attached hydrogens (tertiary/aromatic N) is 3. The molecule has 0 radical (unpaired) electrons. The number of hydrogen-bond donors (Lipinski definition) is 1. The molecule has 3 saturated heterocycles. The molecule has 0 amide bonds. The van der Waals surface area contributed by atoms with Crippen LogP contribution in [0.3, 0.4) is 0 Å². The highest BCUT2D eigenvalue weighted by molar-refractivity contribution is 5.98. The highest BCUT2D eigenvalue weighted by Gasteiger charge is 2.36. The number of rotatable bonds is 7. The Labute approximate surface area is 228 Å². The van der Waals surface area contributed by atoms with E-state index in [-0.39, 0.29) is 54.9 Å². The van der Waals surface area contributed by atoms with E-state index in [0.29, 0.717) is 13.1 Å². The molecule has 0 aliphatic carbocycles. The van der Waals surface area contributed by atoms with Crippen molar-refractivity contribution in [2.75, 3.05) is 52.4 Å². The summed E-state index contributed by atoms with van der Waals surface area (Å²) in [5.41, 5.74) is 1.44. The second-order valence-electron chi connectivity index (χ2n) is 9.56. The van der Waals surface area contributed by atoms with Crippen LogP contribution >= 0.6 is 37.2 Å². The lowest BCUT2D eigenvalue weighted by atomic mass is 9.82. The Kier molecular flexibility index (Phi) is 14.7. The summed E-state index contributed by atoms with van der Waals surface area (Å²) in [6, 6.07) is 10.8.